The Kier molecular flexibility index (Phi) is 5.50. The summed E-state index contributed by atoms with van der Waals surface area (Å²) in [6.45, 7) is 0. The summed E-state index contributed by atoms with van der Waals surface area (Å²) in [7, 11) is 3.73. The smallest absolute Gasteiger partial charge is 0.301 e. The third-order valence-electron chi connectivity index (χ3n) is 3.24. The predicted molar refractivity (Wildman–Crippen MR) is 96.7 cm³/mol. The first-order valence-corrected chi connectivity index (χ1v) is 7.36. The molecular weight excluding hydrogens is 350 g/mol. The van der Waals surface area contributed by atoms with Crippen molar-refractivity contribution in [2.45, 2.75) is 0 Å². The lowest BCUT2D eigenvalue weighted by molar-refractivity contribution is -0.393. The number of hydrogen-bond donors (Lipinski definition) is 1. The van der Waals surface area contributed by atoms with Crippen molar-refractivity contribution in [1.82, 2.24) is 0 Å². The molecule has 9 nitrogen and oxygen atoms in total. The summed E-state index contributed by atoms with van der Waals surface area (Å²) in [5.41, 5.74) is 3.29. The Morgan fingerprint density at radius 2 is 1.84 bits per heavy atom. The van der Waals surface area contributed by atoms with Crippen molar-refractivity contribution < 1.29 is 9.85 Å². The Bertz CT molecular complexity index is 854. The molecule has 0 spiro atoms. The number of nitro groups is 2. The molecule has 130 valence electrons. The lowest BCUT2D eigenvalue weighted by atomic mass is 10.2. The number of nitrogens with zero attached hydrogens (tertiary/aromatic N) is 4. The standard InChI is InChI=1S/C15H14ClN5O4/c1-19(2)14-6-3-10(7-12(14)16)9-17-18-13-5-4-11(20(22)23)8-15(13)21(24)25/h3-9,18H,1-2H3/b17-9-. The summed E-state index contributed by atoms with van der Waals surface area (Å²) in [6.07, 6.45) is 1.44. The number of hydrogen-bond acceptors (Lipinski definition) is 7. The van der Waals surface area contributed by atoms with Gasteiger partial charge >= 0.3 is 5.69 Å². The number of nitrogens with one attached hydrogen (secondary N) is 1. The average Bonchev–Trinajstić information content (AvgIpc) is 2.54. The first kappa shape index (κ1) is 18.1. The second-order valence-electron chi connectivity index (χ2n) is 5.19. The molecule has 0 heterocycles. The number of non-ortho nitro benzene ring substituents is 1. The van der Waals surface area contributed by atoms with Gasteiger partial charge in [0.05, 0.1) is 32.8 Å². The van der Waals surface area contributed by atoms with Gasteiger partial charge in [0.1, 0.15) is 5.69 Å². The van der Waals surface area contributed by atoms with Crippen LogP contribution in [0.15, 0.2) is 41.5 Å². The molecule has 0 atom stereocenters. The van der Waals surface area contributed by atoms with Gasteiger partial charge in [0, 0.05) is 20.2 Å². The molecule has 0 bridgehead atoms. The van der Waals surface area contributed by atoms with Gasteiger partial charge in [-0.05, 0) is 23.8 Å². The molecule has 0 aliphatic carbocycles. The number of nitro benzene ring substituents is 2. The van der Waals surface area contributed by atoms with Crippen LogP contribution >= 0.6 is 11.6 Å². The highest BCUT2D eigenvalue weighted by Gasteiger charge is 2.19. The Hall–Kier alpha value is -3.20. The fraction of sp³-hybridized carbons (Fsp3) is 0.133. The van der Waals surface area contributed by atoms with E-state index in [4.69, 9.17) is 11.6 Å². The maximum atomic E-state index is 11.0. The van der Waals surface area contributed by atoms with Gasteiger partial charge in [-0.25, -0.2) is 0 Å². The third kappa shape index (κ3) is 4.42. The molecular formula is C15H14ClN5O4. The van der Waals surface area contributed by atoms with E-state index in [1.807, 2.05) is 25.1 Å². The lowest BCUT2D eigenvalue weighted by Crippen LogP contribution is -2.09. The van der Waals surface area contributed by atoms with Crippen molar-refractivity contribution in [3.05, 3.63) is 67.2 Å². The summed E-state index contributed by atoms with van der Waals surface area (Å²) in [4.78, 5) is 22.2. The van der Waals surface area contributed by atoms with Gasteiger partial charge in [0.2, 0.25) is 0 Å². The highest BCUT2D eigenvalue weighted by atomic mass is 35.5. The molecule has 25 heavy (non-hydrogen) atoms. The fourth-order valence-corrected chi connectivity index (χ4v) is 2.38. The molecule has 2 aromatic carbocycles. The monoisotopic (exact) mass is 363 g/mol. The van der Waals surface area contributed by atoms with Crippen LogP contribution in [0.1, 0.15) is 5.56 Å². The van der Waals surface area contributed by atoms with Crippen molar-refractivity contribution in [2.24, 2.45) is 5.10 Å². The van der Waals surface area contributed by atoms with Crippen LogP contribution in [0.4, 0.5) is 22.7 Å². The minimum absolute atomic E-state index is 0.0443. The highest BCUT2D eigenvalue weighted by molar-refractivity contribution is 6.33. The third-order valence-corrected chi connectivity index (χ3v) is 3.54. The number of halogens is 1. The molecule has 2 aromatic rings. The Balaban J connectivity index is 2.20. The van der Waals surface area contributed by atoms with Gasteiger partial charge < -0.3 is 4.90 Å². The van der Waals surface area contributed by atoms with E-state index in [0.29, 0.717) is 10.6 Å². The van der Waals surface area contributed by atoms with Crippen LogP contribution < -0.4 is 10.3 Å². The fourth-order valence-electron chi connectivity index (χ4n) is 2.02. The van der Waals surface area contributed by atoms with Crippen LogP contribution in [0.5, 0.6) is 0 Å². The molecule has 0 unspecified atom stereocenters. The van der Waals surface area contributed by atoms with Gasteiger partial charge in [0.25, 0.3) is 5.69 Å². The number of anilines is 2. The molecule has 0 aliphatic rings. The number of hydrazone groups is 1. The molecule has 0 saturated heterocycles. The van der Waals surface area contributed by atoms with E-state index in [-0.39, 0.29) is 11.4 Å². The van der Waals surface area contributed by atoms with Crippen LogP contribution in [0, 0.1) is 20.2 Å². The Labute approximate surface area is 147 Å². The topological polar surface area (TPSA) is 114 Å². The lowest BCUT2D eigenvalue weighted by Gasteiger charge is -2.14. The van der Waals surface area contributed by atoms with Crippen molar-refractivity contribution >= 4 is 40.6 Å². The Morgan fingerprint density at radius 1 is 1.12 bits per heavy atom. The average molecular weight is 364 g/mol. The summed E-state index contributed by atoms with van der Waals surface area (Å²) in [5.74, 6) is 0. The molecule has 0 aromatic heterocycles. The largest absolute Gasteiger partial charge is 0.376 e. The summed E-state index contributed by atoms with van der Waals surface area (Å²) in [5, 5.41) is 26.2. The van der Waals surface area contributed by atoms with Crippen molar-refractivity contribution in [1.29, 1.82) is 0 Å². The van der Waals surface area contributed by atoms with Crippen LogP contribution in [0.2, 0.25) is 5.02 Å². The molecule has 0 radical (unpaired) electrons. The van der Waals surface area contributed by atoms with Crippen molar-refractivity contribution in [2.75, 3.05) is 24.4 Å². The quantitative estimate of drug-likeness (QED) is 0.475. The van der Waals surface area contributed by atoms with Gasteiger partial charge in [-0.15, -0.1) is 0 Å². The zero-order valence-corrected chi connectivity index (χ0v) is 14.1. The van der Waals surface area contributed by atoms with Gasteiger partial charge in [0.15, 0.2) is 0 Å². The van der Waals surface area contributed by atoms with Crippen LogP contribution in [0.3, 0.4) is 0 Å². The molecule has 1 N–H and O–H groups in total. The molecule has 0 aliphatic heterocycles. The van der Waals surface area contributed by atoms with E-state index < -0.39 is 15.5 Å². The van der Waals surface area contributed by atoms with Gasteiger partial charge in [-0.2, -0.15) is 5.10 Å². The van der Waals surface area contributed by atoms with Crippen molar-refractivity contribution in [3.63, 3.8) is 0 Å². The highest BCUT2D eigenvalue weighted by Crippen LogP contribution is 2.29. The molecule has 0 saturated carbocycles. The minimum atomic E-state index is -0.715. The maximum Gasteiger partial charge on any atom is 0.301 e. The summed E-state index contributed by atoms with van der Waals surface area (Å²) >= 11 is 6.16. The first-order chi connectivity index (χ1) is 11.8. The van der Waals surface area contributed by atoms with E-state index in [1.165, 1.54) is 12.3 Å². The zero-order chi connectivity index (χ0) is 18.6. The van der Waals surface area contributed by atoms with Crippen molar-refractivity contribution in [3.8, 4) is 0 Å². The van der Waals surface area contributed by atoms with E-state index in [9.17, 15) is 20.2 Å². The second-order valence-corrected chi connectivity index (χ2v) is 5.60. The van der Waals surface area contributed by atoms with E-state index in [1.54, 1.807) is 12.1 Å². The summed E-state index contributed by atoms with van der Waals surface area (Å²) in [6, 6.07) is 8.57. The van der Waals surface area contributed by atoms with Crippen LogP contribution in [-0.2, 0) is 0 Å². The molecule has 10 heteroatoms. The molecule has 0 fully saturated rings. The molecule has 2 rings (SSSR count). The molecule has 0 amide bonds. The maximum absolute atomic E-state index is 11.0. The predicted octanol–water partition coefficient (Wildman–Crippen LogP) is 3.67. The van der Waals surface area contributed by atoms with E-state index in [2.05, 4.69) is 10.5 Å². The van der Waals surface area contributed by atoms with Crippen LogP contribution in [-0.4, -0.2) is 30.2 Å². The van der Waals surface area contributed by atoms with E-state index >= 15 is 0 Å². The van der Waals surface area contributed by atoms with Crippen LogP contribution in [0.25, 0.3) is 0 Å². The summed E-state index contributed by atoms with van der Waals surface area (Å²) < 4.78 is 0. The minimum Gasteiger partial charge on any atom is -0.376 e. The normalized spacial score (nSPS) is 10.7. The van der Waals surface area contributed by atoms with E-state index in [0.717, 1.165) is 17.8 Å². The number of rotatable bonds is 6. The zero-order valence-electron chi connectivity index (χ0n) is 13.3. The first-order valence-electron chi connectivity index (χ1n) is 6.98. The van der Waals surface area contributed by atoms with Gasteiger partial charge in [-0.3, -0.25) is 25.7 Å². The SMILES string of the molecule is CN(C)c1ccc(/C=N\Nc2ccc([N+](=O)[O-])cc2[N+](=O)[O-])cc1Cl. The van der Waals surface area contributed by atoms with Gasteiger partial charge in [-0.1, -0.05) is 17.7 Å². The second kappa shape index (κ2) is 7.58. The Morgan fingerprint density at radius 3 is 2.40 bits per heavy atom. The number of benzene rings is 2.